The second kappa shape index (κ2) is 9.49. The Balaban J connectivity index is 1.49. The number of ether oxygens (including phenoxy) is 3. The van der Waals surface area contributed by atoms with Gasteiger partial charge in [0.15, 0.2) is 0 Å². The molecule has 2 aromatic rings. The number of benzene rings is 1. The highest BCUT2D eigenvalue weighted by Gasteiger charge is 2.24. The summed E-state index contributed by atoms with van der Waals surface area (Å²) >= 11 is 0. The van der Waals surface area contributed by atoms with Crippen molar-refractivity contribution in [3.05, 3.63) is 52.1 Å². The molecule has 0 spiro atoms. The van der Waals surface area contributed by atoms with Gasteiger partial charge in [0.2, 0.25) is 5.91 Å². The Kier molecular flexibility index (Phi) is 6.80. The molecule has 0 bridgehead atoms. The Labute approximate surface area is 170 Å². The molecular weight excluding hydrogens is 374 g/mol. The van der Waals surface area contributed by atoms with Crippen molar-refractivity contribution in [2.45, 2.75) is 38.7 Å². The van der Waals surface area contributed by atoms with Crippen molar-refractivity contribution in [1.82, 2.24) is 4.90 Å². The molecule has 1 saturated heterocycles. The Morgan fingerprint density at radius 2 is 1.86 bits per heavy atom. The van der Waals surface area contributed by atoms with Crippen LogP contribution in [0, 0.1) is 6.92 Å². The van der Waals surface area contributed by atoms with Crippen LogP contribution in [0.25, 0.3) is 0 Å². The Morgan fingerprint density at radius 1 is 1.10 bits per heavy atom. The SMILES string of the molecule is COc1ccc(CCC(=O)N2CCC(Oc3cc(C)oc(=O)c3)CC2)c(OC)c1. The smallest absolute Gasteiger partial charge is 0.339 e. The molecule has 1 amide bonds. The van der Waals surface area contributed by atoms with E-state index in [0.717, 1.165) is 29.9 Å². The number of likely N-dealkylation sites (tertiary alicyclic amines) is 1. The van der Waals surface area contributed by atoms with Crippen molar-refractivity contribution in [3.8, 4) is 17.2 Å². The topological polar surface area (TPSA) is 78.2 Å². The molecule has 7 heteroatoms. The first-order chi connectivity index (χ1) is 14.0. The quantitative estimate of drug-likeness (QED) is 0.710. The fourth-order valence-corrected chi connectivity index (χ4v) is 3.52. The monoisotopic (exact) mass is 401 g/mol. The van der Waals surface area contributed by atoms with Gasteiger partial charge in [-0.15, -0.1) is 0 Å². The third kappa shape index (κ3) is 5.53. The highest BCUT2D eigenvalue weighted by molar-refractivity contribution is 5.76. The average Bonchev–Trinajstić information content (AvgIpc) is 2.71. The summed E-state index contributed by atoms with van der Waals surface area (Å²) in [7, 11) is 3.22. The summed E-state index contributed by atoms with van der Waals surface area (Å²) in [6, 6.07) is 8.70. The van der Waals surface area contributed by atoms with Gasteiger partial charge in [-0.05, 0) is 25.0 Å². The first-order valence-electron chi connectivity index (χ1n) is 9.75. The van der Waals surface area contributed by atoms with Crippen molar-refractivity contribution in [2.75, 3.05) is 27.3 Å². The molecule has 0 aliphatic carbocycles. The summed E-state index contributed by atoms with van der Waals surface area (Å²) in [5.74, 6) is 2.62. The molecule has 7 nitrogen and oxygen atoms in total. The molecule has 1 aromatic heterocycles. The molecule has 1 aliphatic heterocycles. The van der Waals surface area contributed by atoms with Crippen LogP contribution in [0.15, 0.2) is 39.5 Å². The van der Waals surface area contributed by atoms with Gasteiger partial charge in [-0.1, -0.05) is 6.07 Å². The summed E-state index contributed by atoms with van der Waals surface area (Å²) in [6.07, 6.45) is 2.49. The van der Waals surface area contributed by atoms with E-state index in [1.165, 1.54) is 6.07 Å². The third-order valence-corrected chi connectivity index (χ3v) is 5.07. The van der Waals surface area contributed by atoms with Crippen molar-refractivity contribution < 1.29 is 23.4 Å². The van der Waals surface area contributed by atoms with Crippen molar-refractivity contribution in [1.29, 1.82) is 0 Å². The van der Waals surface area contributed by atoms with E-state index in [9.17, 15) is 9.59 Å². The molecule has 3 rings (SSSR count). The van der Waals surface area contributed by atoms with Gasteiger partial charge in [0.05, 0.1) is 20.3 Å². The van der Waals surface area contributed by atoms with Crippen LogP contribution in [0.2, 0.25) is 0 Å². The molecule has 29 heavy (non-hydrogen) atoms. The van der Waals surface area contributed by atoms with Gasteiger partial charge >= 0.3 is 5.63 Å². The number of amides is 1. The number of hydrogen-bond acceptors (Lipinski definition) is 6. The lowest BCUT2D eigenvalue weighted by Gasteiger charge is -2.32. The van der Waals surface area contributed by atoms with Crippen LogP contribution in [0.3, 0.4) is 0 Å². The number of methoxy groups -OCH3 is 2. The zero-order valence-corrected chi connectivity index (χ0v) is 17.1. The predicted molar refractivity (Wildman–Crippen MR) is 108 cm³/mol. The summed E-state index contributed by atoms with van der Waals surface area (Å²) in [4.78, 5) is 25.9. The summed E-state index contributed by atoms with van der Waals surface area (Å²) < 4.78 is 21.5. The van der Waals surface area contributed by atoms with E-state index in [4.69, 9.17) is 18.6 Å². The number of aryl methyl sites for hydroxylation is 2. The maximum absolute atomic E-state index is 12.6. The zero-order chi connectivity index (χ0) is 20.8. The zero-order valence-electron chi connectivity index (χ0n) is 17.1. The second-order valence-corrected chi connectivity index (χ2v) is 7.10. The van der Waals surface area contributed by atoms with E-state index in [1.807, 2.05) is 23.1 Å². The van der Waals surface area contributed by atoms with Crippen molar-refractivity contribution in [3.63, 3.8) is 0 Å². The maximum Gasteiger partial charge on any atom is 0.339 e. The standard InChI is InChI=1S/C22H27NO6/c1-15-12-19(14-22(25)28-15)29-17-8-10-23(11-9-17)21(24)7-5-16-4-6-18(26-2)13-20(16)27-3/h4,6,12-14,17H,5,7-11H2,1-3H3. The molecule has 1 aromatic carbocycles. The van der Waals surface area contributed by atoms with Crippen molar-refractivity contribution in [2.24, 2.45) is 0 Å². The minimum atomic E-state index is -0.415. The Bertz CT molecular complexity index is 898. The molecule has 2 heterocycles. The van der Waals surface area contributed by atoms with Gasteiger partial charge in [-0.25, -0.2) is 4.79 Å². The summed E-state index contributed by atoms with van der Waals surface area (Å²) in [5.41, 5.74) is 0.569. The van der Waals surface area contributed by atoms with E-state index in [0.29, 0.717) is 37.4 Å². The van der Waals surface area contributed by atoms with Gasteiger partial charge in [0.1, 0.15) is 29.1 Å². The molecular formula is C22H27NO6. The van der Waals surface area contributed by atoms with E-state index >= 15 is 0 Å². The van der Waals surface area contributed by atoms with Gasteiger partial charge < -0.3 is 23.5 Å². The Hall–Kier alpha value is -2.96. The van der Waals surface area contributed by atoms with Gasteiger partial charge in [-0.3, -0.25) is 4.79 Å². The fraction of sp³-hybridized carbons (Fsp3) is 0.455. The molecule has 1 aliphatic rings. The average molecular weight is 401 g/mol. The lowest BCUT2D eigenvalue weighted by molar-refractivity contribution is -0.132. The van der Waals surface area contributed by atoms with Gasteiger partial charge in [0.25, 0.3) is 0 Å². The number of nitrogens with zero attached hydrogens (tertiary/aromatic N) is 1. The molecule has 0 radical (unpaired) electrons. The van der Waals surface area contributed by atoms with E-state index in [2.05, 4.69) is 0 Å². The van der Waals surface area contributed by atoms with Crippen molar-refractivity contribution >= 4 is 5.91 Å². The molecule has 1 fully saturated rings. The molecule has 0 N–H and O–H groups in total. The largest absolute Gasteiger partial charge is 0.497 e. The predicted octanol–water partition coefficient (Wildman–Crippen LogP) is 2.97. The van der Waals surface area contributed by atoms with Crippen LogP contribution < -0.4 is 19.8 Å². The van der Waals surface area contributed by atoms with Gasteiger partial charge in [0, 0.05) is 44.5 Å². The maximum atomic E-state index is 12.6. The normalized spacial score (nSPS) is 14.5. The van der Waals surface area contributed by atoms with Crippen LogP contribution in [0.1, 0.15) is 30.6 Å². The van der Waals surface area contributed by atoms with E-state index < -0.39 is 5.63 Å². The highest BCUT2D eigenvalue weighted by atomic mass is 16.5. The number of rotatable bonds is 7. The third-order valence-electron chi connectivity index (χ3n) is 5.07. The number of carbonyl (C=O) groups is 1. The van der Waals surface area contributed by atoms with Crippen LogP contribution in [-0.4, -0.2) is 44.2 Å². The fourth-order valence-electron chi connectivity index (χ4n) is 3.52. The van der Waals surface area contributed by atoms with Crippen LogP contribution in [0.5, 0.6) is 17.2 Å². The number of hydrogen-bond donors (Lipinski definition) is 0. The minimum absolute atomic E-state index is 0.0121. The summed E-state index contributed by atoms with van der Waals surface area (Å²) in [6.45, 7) is 3.00. The second-order valence-electron chi connectivity index (χ2n) is 7.10. The first kappa shape index (κ1) is 20.8. The summed E-state index contributed by atoms with van der Waals surface area (Å²) in [5, 5.41) is 0. The molecule has 0 unspecified atom stereocenters. The van der Waals surface area contributed by atoms with E-state index in [1.54, 1.807) is 27.2 Å². The molecule has 0 atom stereocenters. The van der Waals surface area contributed by atoms with Crippen LogP contribution in [-0.2, 0) is 11.2 Å². The minimum Gasteiger partial charge on any atom is -0.497 e. The highest BCUT2D eigenvalue weighted by Crippen LogP contribution is 2.26. The molecule has 156 valence electrons. The lowest BCUT2D eigenvalue weighted by atomic mass is 10.0. The molecule has 0 saturated carbocycles. The first-order valence-corrected chi connectivity index (χ1v) is 9.75. The van der Waals surface area contributed by atoms with Crippen LogP contribution >= 0.6 is 0 Å². The number of carbonyl (C=O) groups excluding carboxylic acids is 1. The van der Waals surface area contributed by atoms with Gasteiger partial charge in [-0.2, -0.15) is 0 Å². The lowest BCUT2D eigenvalue weighted by Crippen LogP contribution is -2.41. The van der Waals surface area contributed by atoms with E-state index in [-0.39, 0.29) is 12.0 Å². The Morgan fingerprint density at radius 3 is 2.52 bits per heavy atom. The number of piperidine rings is 1. The van der Waals surface area contributed by atoms with Crippen LogP contribution in [0.4, 0.5) is 0 Å².